The molecule has 0 radical (unpaired) electrons. The minimum absolute atomic E-state index is 0.0169. The van der Waals surface area contributed by atoms with Crippen LogP contribution < -0.4 is 5.32 Å². The van der Waals surface area contributed by atoms with Crippen molar-refractivity contribution in [3.8, 4) is 0 Å². The lowest BCUT2D eigenvalue weighted by atomic mass is 10.0. The Morgan fingerprint density at radius 1 is 1.21 bits per heavy atom. The third-order valence-electron chi connectivity index (χ3n) is 3.97. The molecule has 0 unspecified atom stereocenters. The summed E-state index contributed by atoms with van der Waals surface area (Å²) in [5, 5.41) is 2.80. The van der Waals surface area contributed by atoms with E-state index in [4.69, 9.17) is 0 Å². The number of carbonyl (C=O) groups excluding carboxylic acids is 2. The summed E-state index contributed by atoms with van der Waals surface area (Å²) >= 11 is 0. The van der Waals surface area contributed by atoms with Crippen LogP contribution in [-0.2, 0) is 22.4 Å². The Labute approximate surface area is 112 Å². The molecule has 1 saturated heterocycles. The molecule has 1 fully saturated rings. The van der Waals surface area contributed by atoms with Crippen LogP contribution in [0.3, 0.4) is 0 Å². The van der Waals surface area contributed by atoms with Crippen molar-refractivity contribution in [1.82, 2.24) is 10.2 Å². The van der Waals surface area contributed by atoms with Gasteiger partial charge >= 0.3 is 0 Å². The second-order valence-corrected chi connectivity index (χ2v) is 5.34. The molecule has 0 saturated carbocycles. The number of hydrogen-bond donors (Lipinski definition) is 1. The molecule has 2 amide bonds. The average molecular weight is 258 g/mol. The van der Waals surface area contributed by atoms with Gasteiger partial charge in [-0.2, -0.15) is 0 Å². The second kappa shape index (κ2) is 5.03. The first-order valence-electron chi connectivity index (χ1n) is 6.86. The summed E-state index contributed by atoms with van der Waals surface area (Å²) in [5.74, 6) is 0.109. The van der Waals surface area contributed by atoms with Crippen molar-refractivity contribution in [2.24, 2.45) is 5.92 Å². The van der Waals surface area contributed by atoms with Gasteiger partial charge in [-0.05, 0) is 30.4 Å². The van der Waals surface area contributed by atoms with Gasteiger partial charge in [0.15, 0.2) is 0 Å². The fraction of sp³-hybridized carbons (Fsp3) is 0.467. The predicted octanol–water partition coefficient (Wildman–Crippen LogP) is 0.750. The molecule has 0 atom stereocenters. The monoisotopic (exact) mass is 258 g/mol. The van der Waals surface area contributed by atoms with Crippen LogP contribution in [0, 0.1) is 5.92 Å². The van der Waals surface area contributed by atoms with Crippen molar-refractivity contribution in [1.29, 1.82) is 0 Å². The van der Waals surface area contributed by atoms with E-state index in [9.17, 15) is 9.59 Å². The second-order valence-electron chi connectivity index (χ2n) is 5.34. The number of carbonyl (C=O) groups is 2. The first-order chi connectivity index (χ1) is 9.24. The van der Waals surface area contributed by atoms with Crippen LogP contribution in [0.2, 0.25) is 0 Å². The summed E-state index contributed by atoms with van der Waals surface area (Å²) < 4.78 is 0. The lowest BCUT2D eigenvalue weighted by Crippen LogP contribution is -2.41. The number of nitrogens with one attached hydrogen (secondary N) is 1. The largest absolute Gasteiger partial charge is 0.354 e. The molecule has 1 aromatic carbocycles. The molecule has 1 N–H and O–H groups in total. The maximum absolute atomic E-state index is 12.5. The quantitative estimate of drug-likeness (QED) is 0.808. The molecular formula is C15H18N2O2. The van der Waals surface area contributed by atoms with Gasteiger partial charge in [0, 0.05) is 19.0 Å². The van der Waals surface area contributed by atoms with E-state index in [0.29, 0.717) is 13.1 Å². The van der Waals surface area contributed by atoms with Gasteiger partial charge in [0.25, 0.3) is 0 Å². The Hall–Kier alpha value is -1.84. The molecule has 3 rings (SSSR count). The summed E-state index contributed by atoms with van der Waals surface area (Å²) in [5.41, 5.74) is 2.56. The maximum Gasteiger partial charge on any atom is 0.239 e. The SMILES string of the molecule is O=C1CN(C(=O)C2Cc3ccccc3C2)CCCN1. The van der Waals surface area contributed by atoms with E-state index in [-0.39, 0.29) is 24.3 Å². The van der Waals surface area contributed by atoms with E-state index < -0.39 is 0 Å². The van der Waals surface area contributed by atoms with Crippen LogP contribution >= 0.6 is 0 Å². The van der Waals surface area contributed by atoms with Gasteiger partial charge < -0.3 is 10.2 Å². The molecule has 1 aliphatic carbocycles. The Morgan fingerprint density at radius 2 is 1.89 bits per heavy atom. The molecule has 0 aromatic heterocycles. The van der Waals surface area contributed by atoms with Gasteiger partial charge in [-0.1, -0.05) is 24.3 Å². The van der Waals surface area contributed by atoms with Crippen molar-refractivity contribution in [3.63, 3.8) is 0 Å². The average Bonchev–Trinajstić information content (AvgIpc) is 2.73. The standard InChI is InChI=1S/C15H18N2O2/c18-14-10-17(7-3-6-16-14)15(19)13-8-11-4-1-2-5-12(11)9-13/h1-2,4-5,13H,3,6-10H2,(H,16,18). The normalized spacial score (nSPS) is 19.8. The summed E-state index contributed by atoms with van der Waals surface area (Å²) in [6.07, 6.45) is 2.47. The molecule has 0 spiro atoms. The minimum Gasteiger partial charge on any atom is -0.354 e. The van der Waals surface area contributed by atoms with Gasteiger partial charge in [-0.3, -0.25) is 9.59 Å². The molecule has 2 aliphatic rings. The van der Waals surface area contributed by atoms with Crippen molar-refractivity contribution >= 4 is 11.8 Å². The highest BCUT2D eigenvalue weighted by Crippen LogP contribution is 2.27. The number of fused-ring (bicyclic) bond motifs is 1. The van der Waals surface area contributed by atoms with E-state index in [1.165, 1.54) is 11.1 Å². The van der Waals surface area contributed by atoms with Crippen LogP contribution in [0.5, 0.6) is 0 Å². The number of hydrogen-bond acceptors (Lipinski definition) is 2. The zero-order chi connectivity index (χ0) is 13.2. The summed E-state index contributed by atoms with van der Waals surface area (Å²) in [6.45, 7) is 1.57. The highest BCUT2D eigenvalue weighted by atomic mass is 16.2. The van der Waals surface area contributed by atoms with E-state index in [2.05, 4.69) is 17.4 Å². The van der Waals surface area contributed by atoms with Crippen LogP contribution in [0.1, 0.15) is 17.5 Å². The Bertz CT molecular complexity index is 488. The van der Waals surface area contributed by atoms with Gasteiger partial charge in [-0.25, -0.2) is 0 Å². The fourth-order valence-electron chi connectivity index (χ4n) is 2.99. The molecule has 1 aromatic rings. The maximum atomic E-state index is 12.5. The van der Waals surface area contributed by atoms with E-state index in [1.54, 1.807) is 4.90 Å². The topological polar surface area (TPSA) is 49.4 Å². The van der Waals surface area contributed by atoms with Crippen molar-refractivity contribution < 1.29 is 9.59 Å². The number of benzene rings is 1. The summed E-state index contributed by atoms with van der Waals surface area (Å²) in [4.78, 5) is 25.8. The van der Waals surface area contributed by atoms with Gasteiger partial charge in [0.05, 0.1) is 6.54 Å². The third-order valence-corrected chi connectivity index (χ3v) is 3.97. The van der Waals surface area contributed by atoms with Crippen LogP contribution in [0.15, 0.2) is 24.3 Å². The van der Waals surface area contributed by atoms with Crippen LogP contribution in [-0.4, -0.2) is 36.3 Å². The molecule has 19 heavy (non-hydrogen) atoms. The smallest absolute Gasteiger partial charge is 0.239 e. The first kappa shape index (κ1) is 12.2. The first-order valence-corrected chi connectivity index (χ1v) is 6.86. The van der Waals surface area contributed by atoms with E-state index >= 15 is 0 Å². The molecule has 4 heteroatoms. The molecule has 0 bridgehead atoms. The number of rotatable bonds is 1. The lowest BCUT2D eigenvalue weighted by Gasteiger charge is -2.22. The van der Waals surface area contributed by atoms with Gasteiger partial charge in [0.1, 0.15) is 0 Å². The van der Waals surface area contributed by atoms with Gasteiger partial charge in [-0.15, -0.1) is 0 Å². The predicted molar refractivity (Wildman–Crippen MR) is 71.5 cm³/mol. The van der Waals surface area contributed by atoms with Crippen molar-refractivity contribution in [3.05, 3.63) is 35.4 Å². The fourth-order valence-corrected chi connectivity index (χ4v) is 2.99. The molecule has 100 valence electrons. The van der Waals surface area contributed by atoms with Crippen LogP contribution in [0.25, 0.3) is 0 Å². The van der Waals surface area contributed by atoms with E-state index in [0.717, 1.165) is 19.3 Å². The highest BCUT2D eigenvalue weighted by molar-refractivity contribution is 5.87. The van der Waals surface area contributed by atoms with Crippen molar-refractivity contribution in [2.45, 2.75) is 19.3 Å². The molecule has 4 nitrogen and oxygen atoms in total. The number of nitrogens with zero attached hydrogens (tertiary/aromatic N) is 1. The third kappa shape index (κ3) is 2.48. The van der Waals surface area contributed by atoms with Gasteiger partial charge in [0.2, 0.25) is 11.8 Å². The zero-order valence-corrected chi connectivity index (χ0v) is 10.9. The highest BCUT2D eigenvalue weighted by Gasteiger charge is 2.31. The Kier molecular flexibility index (Phi) is 3.23. The molecule has 1 aliphatic heterocycles. The van der Waals surface area contributed by atoms with Crippen molar-refractivity contribution in [2.75, 3.05) is 19.6 Å². The summed E-state index contributed by atoms with van der Waals surface area (Å²) in [6, 6.07) is 8.23. The summed E-state index contributed by atoms with van der Waals surface area (Å²) in [7, 11) is 0. The minimum atomic E-state index is -0.0404. The Morgan fingerprint density at radius 3 is 2.58 bits per heavy atom. The zero-order valence-electron chi connectivity index (χ0n) is 10.9. The number of amides is 2. The Balaban J connectivity index is 1.70. The molecule has 1 heterocycles. The van der Waals surface area contributed by atoms with E-state index in [1.807, 2.05) is 12.1 Å². The lowest BCUT2D eigenvalue weighted by molar-refractivity contribution is -0.138. The molecular weight excluding hydrogens is 240 g/mol. The van der Waals surface area contributed by atoms with Crippen LogP contribution in [0.4, 0.5) is 0 Å².